The number of fused-ring (bicyclic) bond motifs is 8. The van der Waals surface area contributed by atoms with Gasteiger partial charge in [-0.3, -0.25) is 15.0 Å². The standard InChI is InChI=1S/C18H16N8.C18H17N7S/c1-11-10-20-12(2)18-22-16(23-25(11)18)7-6-15-21-17-8-5-13-14(26(17)24-15)4-3-9-19-13;1-10-9-20-11(2)16-21-13(23-25(10)16)6-7-14-22-15-12-5-4-8-19-17(12)26-18(15)24(14)3/h3-5,8-10H,6-7H2,1-2H3;4-5,8-9H,6-7H2,1-3H3. The lowest BCUT2D eigenvalue weighted by Crippen LogP contribution is -2.02. The van der Waals surface area contributed by atoms with Gasteiger partial charge < -0.3 is 4.57 Å². The van der Waals surface area contributed by atoms with Crippen LogP contribution in [-0.4, -0.2) is 73.3 Å². The second-order valence-electron chi connectivity index (χ2n) is 12.7. The molecule has 0 amide bonds. The Bertz CT molecular complexity index is 2870. The Kier molecular flexibility index (Phi) is 7.61. The van der Waals surface area contributed by atoms with E-state index in [0.29, 0.717) is 12.8 Å². The van der Waals surface area contributed by atoms with Crippen molar-refractivity contribution in [3.05, 3.63) is 107 Å². The molecule has 0 bridgehead atoms. The summed E-state index contributed by atoms with van der Waals surface area (Å²) in [6.45, 7) is 7.86. The van der Waals surface area contributed by atoms with Gasteiger partial charge in [-0.2, -0.15) is 15.3 Å². The molecule has 16 heteroatoms. The van der Waals surface area contributed by atoms with Gasteiger partial charge in [0.15, 0.2) is 34.4 Å². The minimum atomic E-state index is 0.672. The van der Waals surface area contributed by atoms with Crippen LogP contribution in [0.3, 0.4) is 0 Å². The van der Waals surface area contributed by atoms with Crippen LogP contribution in [0.5, 0.6) is 0 Å². The first-order valence-corrected chi connectivity index (χ1v) is 17.8. The van der Waals surface area contributed by atoms with Gasteiger partial charge in [-0.1, -0.05) is 11.3 Å². The van der Waals surface area contributed by atoms with Gasteiger partial charge in [-0.05, 0) is 64.1 Å². The molecule has 0 spiro atoms. The van der Waals surface area contributed by atoms with Crippen LogP contribution in [0.1, 0.15) is 46.1 Å². The molecule has 10 rings (SSSR count). The maximum absolute atomic E-state index is 4.86. The molecule has 15 nitrogen and oxygen atoms in total. The highest BCUT2D eigenvalue weighted by atomic mass is 32.1. The molecule has 0 saturated heterocycles. The number of nitrogens with zero attached hydrogens (tertiary/aromatic N) is 15. The lowest BCUT2D eigenvalue weighted by Gasteiger charge is -1.99. The topological polar surface area (TPSA) is 160 Å². The van der Waals surface area contributed by atoms with Gasteiger partial charge in [0, 0.05) is 62.9 Å². The number of imidazole rings is 1. The fourth-order valence-electron chi connectivity index (χ4n) is 6.35. The molecule has 10 heterocycles. The van der Waals surface area contributed by atoms with Gasteiger partial charge in [0.25, 0.3) is 0 Å². The van der Waals surface area contributed by atoms with Crippen LogP contribution < -0.4 is 0 Å². The molecule has 0 saturated carbocycles. The first kappa shape index (κ1) is 31.7. The van der Waals surface area contributed by atoms with Gasteiger partial charge in [-0.15, -0.1) is 0 Å². The van der Waals surface area contributed by atoms with Crippen molar-refractivity contribution in [3.8, 4) is 0 Å². The molecule has 0 aliphatic rings. The van der Waals surface area contributed by atoms with E-state index in [1.807, 2.05) is 90.2 Å². The normalized spacial score (nSPS) is 11.9. The van der Waals surface area contributed by atoms with E-state index >= 15 is 0 Å². The summed E-state index contributed by atoms with van der Waals surface area (Å²) in [6.07, 6.45) is 10.1. The zero-order valence-corrected chi connectivity index (χ0v) is 30.0. The third kappa shape index (κ3) is 5.47. The lowest BCUT2D eigenvalue weighted by atomic mass is 10.3. The predicted octanol–water partition coefficient (Wildman–Crippen LogP) is 5.14. The highest BCUT2D eigenvalue weighted by Crippen LogP contribution is 2.32. The van der Waals surface area contributed by atoms with Crippen LogP contribution in [0.15, 0.2) is 61.2 Å². The van der Waals surface area contributed by atoms with Gasteiger partial charge in [-0.25, -0.2) is 38.5 Å². The predicted molar refractivity (Wildman–Crippen MR) is 198 cm³/mol. The average molecular weight is 708 g/mol. The molecule has 0 radical (unpaired) electrons. The molecule has 0 aliphatic heterocycles. The summed E-state index contributed by atoms with van der Waals surface area (Å²) in [4.78, 5) is 38.4. The van der Waals surface area contributed by atoms with E-state index in [0.717, 1.165) is 107 Å². The zero-order chi connectivity index (χ0) is 35.5. The SMILES string of the molecule is Cc1ncc(C)n2nc(CCc3nc4c5cccnc5sc4n3C)nc12.Cc1ncc(C)n2nc(CCc3nc4ccc5ncccc5n4n3)nc12. The van der Waals surface area contributed by atoms with E-state index in [2.05, 4.69) is 67.9 Å². The van der Waals surface area contributed by atoms with E-state index in [-0.39, 0.29) is 0 Å². The molecule has 0 atom stereocenters. The molecule has 52 heavy (non-hydrogen) atoms. The average Bonchev–Trinajstić information content (AvgIpc) is 3.99. The summed E-state index contributed by atoms with van der Waals surface area (Å²) in [6, 6.07) is 11.8. The molecular weight excluding hydrogens is 675 g/mol. The molecular formula is C36H33N15S. The van der Waals surface area contributed by atoms with Crippen molar-refractivity contribution in [2.24, 2.45) is 7.05 Å². The van der Waals surface area contributed by atoms with E-state index in [4.69, 9.17) is 4.98 Å². The van der Waals surface area contributed by atoms with E-state index in [1.165, 1.54) is 0 Å². The highest BCUT2D eigenvalue weighted by Gasteiger charge is 2.16. The number of hydrogen-bond acceptors (Lipinski definition) is 12. The summed E-state index contributed by atoms with van der Waals surface area (Å²) in [5, 5.41) is 15.0. The fourth-order valence-corrected chi connectivity index (χ4v) is 7.42. The van der Waals surface area contributed by atoms with E-state index in [9.17, 15) is 0 Å². The third-order valence-electron chi connectivity index (χ3n) is 9.12. The quantitative estimate of drug-likeness (QED) is 0.225. The second-order valence-corrected chi connectivity index (χ2v) is 13.7. The number of aromatic nitrogens is 15. The Morgan fingerprint density at radius 2 is 1.23 bits per heavy atom. The third-order valence-corrected chi connectivity index (χ3v) is 10.3. The second kappa shape index (κ2) is 12.5. The van der Waals surface area contributed by atoms with E-state index in [1.54, 1.807) is 17.5 Å². The van der Waals surface area contributed by atoms with Crippen molar-refractivity contribution in [1.82, 2.24) is 73.3 Å². The van der Waals surface area contributed by atoms with Crippen LogP contribution >= 0.6 is 11.3 Å². The Balaban J connectivity index is 0.000000138. The number of pyridine rings is 3. The lowest BCUT2D eigenvalue weighted by molar-refractivity contribution is 0.753. The Hall–Kier alpha value is -6.29. The number of thiophene rings is 1. The van der Waals surface area contributed by atoms with Crippen molar-refractivity contribution < 1.29 is 0 Å². The van der Waals surface area contributed by atoms with Crippen LogP contribution in [-0.2, 0) is 32.7 Å². The van der Waals surface area contributed by atoms with Crippen molar-refractivity contribution in [1.29, 1.82) is 0 Å². The van der Waals surface area contributed by atoms with E-state index < -0.39 is 0 Å². The molecule has 0 unspecified atom stereocenters. The van der Waals surface area contributed by atoms with Crippen molar-refractivity contribution in [2.45, 2.75) is 53.4 Å². The minimum absolute atomic E-state index is 0.672. The first-order valence-electron chi connectivity index (χ1n) is 16.9. The zero-order valence-electron chi connectivity index (χ0n) is 29.2. The number of rotatable bonds is 6. The van der Waals surface area contributed by atoms with Crippen molar-refractivity contribution in [3.63, 3.8) is 0 Å². The Morgan fingerprint density at radius 1 is 0.615 bits per heavy atom. The Morgan fingerprint density at radius 3 is 1.92 bits per heavy atom. The summed E-state index contributed by atoms with van der Waals surface area (Å²) < 4.78 is 7.71. The van der Waals surface area contributed by atoms with Crippen LogP contribution in [0.25, 0.3) is 48.5 Å². The van der Waals surface area contributed by atoms with Gasteiger partial charge >= 0.3 is 0 Å². The molecule has 0 N–H and O–H groups in total. The number of hydrogen-bond donors (Lipinski definition) is 0. The van der Waals surface area contributed by atoms with Crippen LogP contribution in [0, 0.1) is 27.7 Å². The molecule has 10 aromatic rings. The monoisotopic (exact) mass is 707 g/mol. The summed E-state index contributed by atoms with van der Waals surface area (Å²) in [5.74, 6) is 3.41. The first-order chi connectivity index (χ1) is 25.3. The summed E-state index contributed by atoms with van der Waals surface area (Å²) in [5.41, 5.74) is 9.07. The van der Waals surface area contributed by atoms with Gasteiger partial charge in [0.2, 0.25) is 0 Å². The maximum atomic E-state index is 4.86. The fraction of sp³-hybridized carbons (Fsp3) is 0.250. The van der Waals surface area contributed by atoms with Crippen LogP contribution in [0.4, 0.5) is 0 Å². The minimum Gasteiger partial charge on any atom is -0.323 e. The molecule has 10 aromatic heterocycles. The molecule has 0 aromatic carbocycles. The molecule has 0 fully saturated rings. The summed E-state index contributed by atoms with van der Waals surface area (Å²) >= 11 is 1.68. The largest absolute Gasteiger partial charge is 0.323 e. The van der Waals surface area contributed by atoms with Crippen LogP contribution in [0.2, 0.25) is 0 Å². The number of aryl methyl sites for hydroxylation is 9. The Labute approximate surface area is 300 Å². The highest BCUT2D eigenvalue weighted by molar-refractivity contribution is 7.25. The van der Waals surface area contributed by atoms with Crippen molar-refractivity contribution >= 4 is 59.9 Å². The van der Waals surface area contributed by atoms with Gasteiger partial charge in [0.05, 0.1) is 33.8 Å². The smallest absolute Gasteiger partial charge is 0.177 e. The molecule has 0 aliphatic carbocycles. The van der Waals surface area contributed by atoms with Gasteiger partial charge in [0.1, 0.15) is 21.0 Å². The summed E-state index contributed by atoms with van der Waals surface area (Å²) in [7, 11) is 2.06. The molecule has 258 valence electrons. The maximum Gasteiger partial charge on any atom is 0.177 e. The van der Waals surface area contributed by atoms with Crippen molar-refractivity contribution in [2.75, 3.05) is 0 Å².